The summed E-state index contributed by atoms with van der Waals surface area (Å²) in [7, 11) is 0. The lowest BCUT2D eigenvalue weighted by molar-refractivity contribution is -0.0153. The van der Waals surface area contributed by atoms with E-state index >= 15 is 0 Å². The number of aromatic hydroxyl groups is 1. The van der Waals surface area contributed by atoms with Gasteiger partial charge in [-0.15, -0.1) is 0 Å². The zero-order chi connectivity index (χ0) is 26.7. The van der Waals surface area contributed by atoms with Crippen molar-refractivity contribution in [2.75, 3.05) is 72.7 Å². The van der Waals surface area contributed by atoms with Gasteiger partial charge in [-0.25, -0.2) is 4.79 Å². The van der Waals surface area contributed by atoms with E-state index in [9.17, 15) is 9.90 Å². The van der Waals surface area contributed by atoms with Gasteiger partial charge in [-0.05, 0) is 30.7 Å². The Kier molecular flexibility index (Phi) is 23.3. The monoisotopic (exact) mass is 526 g/mol. The fourth-order valence-electron chi connectivity index (χ4n) is 3.55. The van der Waals surface area contributed by atoms with E-state index in [0.29, 0.717) is 65.0 Å². The Morgan fingerprint density at radius 3 is 1.38 bits per heavy atom. The molecule has 0 aromatic heterocycles. The minimum atomic E-state index is -0.446. The highest BCUT2D eigenvalue weighted by Crippen LogP contribution is 2.11. The first-order chi connectivity index (χ1) is 18.2. The molecule has 0 heterocycles. The van der Waals surface area contributed by atoms with Gasteiger partial charge in [0.1, 0.15) is 12.4 Å². The normalized spacial score (nSPS) is 11.2. The van der Waals surface area contributed by atoms with E-state index in [2.05, 4.69) is 6.92 Å². The van der Waals surface area contributed by atoms with Gasteiger partial charge in [0.05, 0.1) is 65.0 Å². The van der Waals surface area contributed by atoms with Crippen molar-refractivity contribution in [3.63, 3.8) is 0 Å². The number of carbonyl (C=O) groups is 1. The van der Waals surface area contributed by atoms with Crippen molar-refractivity contribution in [1.82, 2.24) is 0 Å². The van der Waals surface area contributed by atoms with Crippen LogP contribution in [-0.2, 0) is 28.4 Å². The van der Waals surface area contributed by atoms with Crippen molar-refractivity contribution in [2.24, 2.45) is 0 Å². The van der Waals surface area contributed by atoms with Crippen molar-refractivity contribution < 1.29 is 38.3 Å². The second-order valence-corrected chi connectivity index (χ2v) is 8.93. The van der Waals surface area contributed by atoms with Crippen LogP contribution in [0.2, 0.25) is 0 Å². The van der Waals surface area contributed by atoms with Crippen LogP contribution in [0.5, 0.6) is 5.75 Å². The average molecular weight is 527 g/mol. The summed E-state index contributed by atoms with van der Waals surface area (Å²) in [6.45, 7) is 7.71. The molecule has 0 saturated heterocycles. The quantitative estimate of drug-likeness (QED) is 0.118. The van der Waals surface area contributed by atoms with Crippen molar-refractivity contribution >= 4 is 5.97 Å². The number of benzene rings is 1. The molecular weight excluding hydrogens is 476 g/mol. The number of esters is 1. The van der Waals surface area contributed by atoms with Gasteiger partial charge in [0, 0.05) is 6.61 Å². The third-order valence-corrected chi connectivity index (χ3v) is 5.69. The Labute approximate surface area is 223 Å². The molecule has 0 atom stereocenters. The average Bonchev–Trinajstić information content (AvgIpc) is 2.91. The molecule has 0 bridgehead atoms. The summed E-state index contributed by atoms with van der Waals surface area (Å²) in [6, 6.07) is 5.90. The maximum Gasteiger partial charge on any atom is 0.338 e. The number of unbranched alkanes of at least 4 members (excludes halogenated alkanes) is 9. The molecule has 8 heteroatoms. The summed E-state index contributed by atoms with van der Waals surface area (Å²) in [6.07, 6.45) is 13.4. The van der Waals surface area contributed by atoms with E-state index in [1.165, 1.54) is 82.1 Å². The zero-order valence-corrected chi connectivity index (χ0v) is 23.0. The van der Waals surface area contributed by atoms with E-state index in [1.54, 1.807) is 0 Å². The van der Waals surface area contributed by atoms with Crippen LogP contribution in [-0.4, -0.2) is 83.8 Å². The summed E-state index contributed by atoms with van der Waals surface area (Å²) in [4.78, 5) is 11.8. The third kappa shape index (κ3) is 22.0. The van der Waals surface area contributed by atoms with Gasteiger partial charge in [-0.1, -0.05) is 64.7 Å². The topological polar surface area (TPSA) is 92.7 Å². The molecule has 8 nitrogen and oxygen atoms in total. The fourth-order valence-corrected chi connectivity index (χ4v) is 3.55. The third-order valence-electron chi connectivity index (χ3n) is 5.69. The largest absolute Gasteiger partial charge is 0.508 e. The van der Waals surface area contributed by atoms with Gasteiger partial charge in [0.2, 0.25) is 0 Å². The molecule has 0 spiro atoms. The molecule has 0 unspecified atom stereocenters. The Balaban J connectivity index is 1.69. The molecule has 0 saturated carbocycles. The number of phenols is 1. The summed E-state index contributed by atoms with van der Waals surface area (Å²) in [5, 5.41) is 9.22. The zero-order valence-electron chi connectivity index (χ0n) is 23.0. The van der Waals surface area contributed by atoms with Crippen LogP contribution in [0.3, 0.4) is 0 Å². The lowest BCUT2D eigenvalue weighted by Gasteiger charge is -2.08. The van der Waals surface area contributed by atoms with Gasteiger partial charge in [0.25, 0.3) is 0 Å². The molecule has 1 N–H and O–H groups in total. The van der Waals surface area contributed by atoms with E-state index in [1.807, 2.05) is 0 Å². The molecule has 1 aromatic rings. The molecule has 0 aliphatic heterocycles. The van der Waals surface area contributed by atoms with Gasteiger partial charge in [-0.3, -0.25) is 0 Å². The second kappa shape index (κ2) is 25.9. The first-order valence-electron chi connectivity index (χ1n) is 14.1. The summed E-state index contributed by atoms with van der Waals surface area (Å²) in [5.41, 5.74) is 0.388. The van der Waals surface area contributed by atoms with E-state index in [4.69, 9.17) is 28.4 Å². The molecule has 0 aliphatic rings. The predicted molar refractivity (Wildman–Crippen MR) is 144 cm³/mol. The van der Waals surface area contributed by atoms with Crippen molar-refractivity contribution in [3.05, 3.63) is 29.8 Å². The van der Waals surface area contributed by atoms with Crippen LogP contribution in [0.15, 0.2) is 24.3 Å². The highest BCUT2D eigenvalue weighted by molar-refractivity contribution is 5.89. The van der Waals surface area contributed by atoms with Gasteiger partial charge >= 0.3 is 5.97 Å². The van der Waals surface area contributed by atoms with E-state index in [-0.39, 0.29) is 12.4 Å². The second-order valence-electron chi connectivity index (χ2n) is 8.93. The number of hydrogen-bond acceptors (Lipinski definition) is 8. The van der Waals surface area contributed by atoms with Crippen molar-refractivity contribution in [3.8, 4) is 5.75 Å². The molecule has 0 fully saturated rings. The Morgan fingerprint density at radius 2 is 0.919 bits per heavy atom. The van der Waals surface area contributed by atoms with E-state index < -0.39 is 5.97 Å². The van der Waals surface area contributed by atoms with Crippen LogP contribution < -0.4 is 0 Å². The lowest BCUT2D eigenvalue weighted by atomic mass is 10.1. The molecule has 37 heavy (non-hydrogen) atoms. The molecular formula is C29H50O8. The van der Waals surface area contributed by atoms with Crippen LogP contribution >= 0.6 is 0 Å². The van der Waals surface area contributed by atoms with Crippen molar-refractivity contribution in [2.45, 2.75) is 71.1 Å². The minimum Gasteiger partial charge on any atom is -0.508 e. The number of rotatable bonds is 27. The number of ether oxygens (including phenoxy) is 6. The van der Waals surface area contributed by atoms with Gasteiger partial charge in [0.15, 0.2) is 0 Å². The highest BCUT2D eigenvalue weighted by Gasteiger charge is 2.06. The van der Waals surface area contributed by atoms with Crippen LogP contribution in [0.4, 0.5) is 0 Å². The Morgan fingerprint density at radius 1 is 0.541 bits per heavy atom. The predicted octanol–water partition coefficient (Wildman–Crippen LogP) is 5.55. The number of hydrogen-bond donors (Lipinski definition) is 1. The molecule has 1 rings (SSSR count). The SMILES string of the molecule is CCCCCCCCCCCCOCCOCCOCCOCCOCCOC(=O)c1ccc(O)cc1. The first kappa shape index (κ1) is 33.3. The van der Waals surface area contributed by atoms with E-state index in [0.717, 1.165) is 13.0 Å². The molecule has 0 radical (unpaired) electrons. The lowest BCUT2D eigenvalue weighted by Crippen LogP contribution is -2.15. The maximum absolute atomic E-state index is 11.8. The standard InChI is InChI=1S/C29H50O8/c1-2-3-4-5-6-7-8-9-10-11-16-32-17-18-33-19-20-34-21-22-35-23-24-36-25-26-37-29(31)27-12-14-28(30)15-13-27/h12-15,30H,2-11,16-26H2,1H3. The van der Waals surface area contributed by atoms with Crippen molar-refractivity contribution in [1.29, 1.82) is 0 Å². The highest BCUT2D eigenvalue weighted by atomic mass is 16.6. The molecule has 0 aliphatic carbocycles. The van der Waals surface area contributed by atoms with Crippen LogP contribution in [0.1, 0.15) is 81.5 Å². The molecule has 1 aromatic carbocycles. The summed E-state index contributed by atoms with van der Waals surface area (Å²) in [5.74, 6) is -0.341. The molecule has 214 valence electrons. The Bertz CT molecular complexity index is 623. The minimum absolute atomic E-state index is 0.105. The summed E-state index contributed by atoms with van der Waals surface area (Å²) >= 11 is 0. The Hall–Kier alpha value is -1.71. The maximum atomic E-state index is 11.8. The summed E-state index contributed by atoms with van der Waals surface area (Å²) < 4.78 is 32.5. The molecule has 0 amide bonds. The number of carbonyl (C=O) groups excluding carboxylic acids is 1. The van der Waals surface area contributed by atoms with Crippen LogP contribution in [0, 0.1) is 0 Å². The smallest absolute Gasteiger partial charge is 0.338 e. The van der Waals surface area contributed by atoms with Gasteiger partial charge in [-0.2, -0.15) is 0 Å². The van der Waals surface area contributed by atoms with Crippen LogP contribution in [0.25, 0.3) is 0 Å². The van der Waals surface area contributed by atoms with Gasteiger partial charge < -0.3 is 33.5 Å². The first-order valence-corrected chi connectivity index (χ1v) is 14.1. The fraction of sp³-hybridized carbons (Fsp3) is 0.759. The number of phenolic OH excluding ortho intramolecular Hbond substituents is 1.